The third kappa shape index (κ3) is 3.66. The fourth-order valence-corrected chi connectivity index (χ4v) is 3.22. The number of alkyl halides is 2. The monoisotopic (exact) mass is 347 g/mol. The van der Waals surface area contributed by atoms with E-state index in [-0.39, 0.29) is 12.3 Å². The minimum Gasteiger partial charge on any atom is -0.480 e. The summed E-state index contributed by atoms with van der Waals surface area (Å²) in [6.07, 6.45) is 0.889. The van der Waals surface area contributed by atoms with E-state index in [1.165, 1.54) is 17.0 Å². The van der Waals surface area contributed by atoms with E-state index in [4.69, 9.17) is 5.11 Å². The lowest BCUT2D eigenvalue weighted by Gasteiger charge is -2.21. The highest BCUT2D eigenvalue weighted by Crippen LogP contribution is 2.21. The zero-order valence-corrected chi connectivity index (χ0v) is 12.8. The van der Waals surface area contributed by atoms with E-state index in [0.717, 1.165) is 12.1 Å². The second-order valence-corrected chi connectivity index (χ2v) is 7.13. The van der Waals surface area contributed by atoms with Crippen LogP contribution in [-0.2, 0) is 25.8 Å². The molecule has 0 aliphatic carbocycles. The van der Waals surface area contributed by atoms with Crippen molar-refractivity contribution >= 4 is 21.7 Å². The summed E-state index contributed by atoms with van der Waals surface area (Å²) in [7, 11) is -4.66. The summed E-state index contributed by atoms with van der Waals surface area (Å²) in [6.45, 7) is 0.355. The Hall–Kier alpha value is -2.03. The maximum absolute atomic E-state index is 12.4. The van der Waals surface area contributed by atoms with Crippen molar-refractivity contribution in [2.45, 2.75) is 36.0 Å². The second kappa shape index (κ2) is 6.61. The van der Waals surface area contributed by atoms with Crippen LogP contribution in [0.4, 0.5) is 8.78 Å². The van der Waals surface area contributed by atoms with Gasteiger partial charge in [-0.05, 0) is 30.5 Å². The lowest BCUT2D eigenvalue weighted by molar-refractivity contribution is -0.148. The van der Waals surface area contributed by atoms with Crippen molar-refractivity contribution < 1.29 is 31.9 Å². The predicted molar refractivity (Wildman–Crippen MR) is 75.7 cm³/mol. The third-order valence-corrected chi connectivity index (χ3v) is 5.10. The van der Waals surface area contributed by atoms with E-state index < -0.39 is 32.5 Å². The Morgan fingerprint density at radius 3 is 2.39 bits per heavy atom. The van der Waals surface area contributed by atoms with Gasteiger partial charge in [-0.25, -0.2) is 13.2 Å². The van der Waals surface area contributed by atoms with Gasteiger partial charge in [-0.2, -0.15) is 8.78 Å². The third-order valence-electron chi connectivity index (χ3n) is 3.70. The quantitative estimate of drug-likeness (QED) is 0.867. The van der Waals surface area contributed by atoms with Gasteiger partial charge in [0, 0.05) is 6.54 Å². The van der Waals surface area contributed by atoms with E-state index in [1.54, 1.807) is 0 Å². The average Bonchev–Trinajstić information content (AvgIpc) is 2.97. The molecule has 1 aromatic rings. The Labute approximate surface area is 131 Å². The van der Waals surface area contributed by atoms with Gasteiger partial charge in [0.2, 0.25) is 15.7 Å². The fourth-order valence-electron chi connectivity index (χ4n) is 2.50. The highest BCUT2D eigenvalue weighted by molar-refractivity contribution is 7.91. The molecule has 0 aromatic heterocycles. The van der Waals surface area contributed by atoms with Crippen molar-refractivity contribution in [2.24, 2.45) is 0 Å². The molecule has 0 spiro atoms. The maximum Gasteiger partial charge on any atom is 0.341 e. The molecule has 2 rings (SSSR count). The first-order valence-corrected chi connectivity index (χ1v) is 8.41. The number of aliphatic carboxylic acids is 1. The first-order valence-electron chi connectivity index (χ1n) is 6.86. The number of carbonyl (C=O) groups is 2. The molecule has 1 fully saturated rings. The number of carbonyl (C=O) groups excluding carboxylic acids is 1. The van der Waals surface area contributed by atoms with E-state index >= 15 is 0 Å². The molecule has 6 nitrogen and oxygen atoms in total. The molecular formula is C14H15F2NO5S. The van der Waals surface area contributed by atoms with Crippen molar-refractivity contribution in [1.82, 2.24) is 4.90 Å². The Kier molecular flexibility index (Phi) is 4.98. The topological polar surface area (TPSA) is 91.8 Å². The summed E-state index contributed by atoms with van der Waals surface area (Å²) < 4.78 is 47.5. The largest absolute Gasteiger partial charge is 0.480 e. The smallest absolute Gasteiger partial charge is 0.341 e. The van der Waals surface area contributed by atoms with Gasteiger partial charge in [-0.3, -0.25) is 4.79 Å². The van der Waals surface area contributed by atoms with Crippen LogP contribution in [0.5, 0.6) is 0 Å². The molecule has 0 radical (unpaired) electrons. The molecule has 0 unspecified atom stereocenters. The standard InChI is InChI=1S/C14H15F2NO5S/c15-14(16)23(21,22)10-5-3-9(4-6-10)8-12(18)17-7-1-2-11(17)13(19)20/h3-6,11,14H,1-2,7-8H2,(H,19,20)/t11-/m1/s1. The highest BCUT2D eigenvalue weighted by atomic mass is 32.2. The SMILES string of the molecule is O=C(O)[C@H]1CCCN1C(=O)Cc1ccc(S(=O)(=O)C(F)F)cc1. The zero-order chi connectivity index (χ0) is 17.2. The molecule has 9 heteroatoms. The minimum atomic E-state index is -4.66. The molecule has 1 amide bonds. The number of halogens is 2. The van der Waals surface area contributed by atoms with Gasteiger partial charge in [0.1, 0.15) is 6.04 Å². The van der Waals surface area contributed by atoms with Crippen molar-refractivity contribution in [2.75, 3.05) is 6.54 Å². The Bertz CT molecular complexity index is 702. The molecule has 1 atom stereocenters. The Balaban J connectivity index is 2.09. The number of hydrogen-bond acceptors (Lipinski definition) is 4. The van der Waals surface area contributed by atoms with Crippen LogP contribution in [0.25, 0.3) is 0 Å². The van der Waals surface area contributed by atoms with Crippen LogP contribution < -0.4 is 0 Å². The van der Waals surface area contributed by atoms with Gasteiger partial charge in [0.05, 0.1) is 11.3 Å². The lowest BCUT2D eigenvalue weighted by atomic mass is 10.1. The predicted octanol–water partition coefficient (Wildman–Crippen LogP) is 1.30. The van der Waals surface area contributed by atoms with Crippen LogP contribution in [0.3, 0.4) is 0 Å². The fraction of sp³-hybridized carbons (Fsp3) is 0.429. The molecule has 1 saturated heterocycles. The van der Waals surface area contributed by atoms with Crippen LogP contribution in [0.15, 0.2) is 29.2 Å². The summed E-state index contributed by atoms with van der Waals surface area (Å²) in [4.78, 5) is 23.9. The van der Waals surface area contributed by atoms with E-state index in [2.05, 4.69) is 0 Å². The maximum atomic E-state index is 12.4. The number of amides is 1. The summed E-state index contributed by atoms with van der Waals surface area (Å²) in [5.41, 5.74) is 0.430. The van der Waals surface area contributed by atoms with Gasteiger partial charge in [-0.15, -0.1) is 0 Å². The first kappa shape index (κ1) is 17.3. The van der Waals surface area contributed by atoms with Gasteiger partial charge in [-0.1, -0.05) is 12.1 Å². The summed E-state index contributed by atoms with van der Waals surface area (Å²) in [5, 5.41) is 9.04. The molecule has 1 aliphatic rings. The van der Waals surface area contributed by atoms with Crippen LogP contribution >= 0.6 is 0 Å². The minimum absolute atomic E-state index is 0.112. The zero-order valence-electron chi connectivity index (χ0n) is 12.0. The van der Waals surface area contributed by atoms with Crippen LogP contribution in [-0.4, -0.2) is 48.6 Å². The first-order chi connectivity index (χ1) is 10.7. The van der Waals surface area contributed by atoms with Crippen molar-refractivity contribution in [3.05, 3.63) is 29.8 Å². The van der Waals surface area contributed by atoms with Crippen LogP contribution in [0, 0.1) is 0 Å². The lowest BCUT2D eigenvalue weighted by Crippen LogP contribution is -2.41. The van der Waals surface area contributed by atoms with Crippen molar-refractivity contribution in [1.29, 1.82) is 0 Å². The Morgan fingerprint density at radius 2 is 1.87 bits per heavy atom. The number of hydrogen-bond donors (Lipinski definition) is 1. The molecule has 0 saturated carbocycles. The number of carboxylic acids is 1. The molecule has 1 aliphatic heterocycles. The number of benzene rings is 1. The van der Waals surface area contributed by atoms with Crippen LogP contribution in [0.2, 0.25) is 0 Å². The molecule has 126 valence electrons. The molecule has 0 bridgehead atoms. The molecule has 1 N–H and O–H groups in total. The average molecular weight is 347 g/mol. The number of carboxylic acid groups (broad SMARTS) is 1. The molecular weight excluding hydrogens is 332 g/mol. The van der Waals surface area contributed by atoms with Gasteiger partial charge < -0.3 is 10.0 Å². The summed E-state index contributed by atoms with van der Waals surface area (Å²) >= 11 is 0. The number of nitrogens with zero attached hydrogens (tertiary/aromatic N) is 1. The summed E-state index contributed by atoms with van der Waals surface area (Å²) in [6, 6.07) is 3.74. The van der Waals surface area contributed by atoms with Crippen molar-refractivity contribution in [3.8, 4) is 0 Å². The van der Waals surface area contributed by atoms with Gasteiger partial charge >= 0.3 is 11.7 Å². The highest BCUT2D eigenvalue weighted by Gasteiger charge is 2.33. The van der Waals surface area contributed by atoms with E-state index in [1.807, 2.05) is 0 Å². The van der Waals surface area contributed by atoms with Gasteiger partial charge in [0.15, 0.2) is 0 Å². The summed E-state index contributed by atoms with van der Waals surface area (Å²) in [5.74, 6) is -4.95. The van der Waals surface area contributed by atoms with Crippen LogP contribution in [0.1, 0.15) is 18.4 Å². The van der Waals surface area contributed by atoms with Crippen molar-refractivity contribution in [3.63, 3.8) is 0 Å². The number of rotatable bonds is 5. The number of likely N-dealkylation sites (tertiary alicyclic amines) is 1. The number of sulfone groups is 1. The Morgan fingerprint density at radius 1 is 1.26 bits per heavy atom. The molecule has 1 aromatic carbocycles. The second-order valence-electron chi connectivity index (χ2n) is 5.21. The molecule has 1 heterocycles. The normalized spacial score (nSPS) is 18.4. The van der Waals surface area contributed by atoms with E-state index in [0.29, 0.717) is 24.9 Å². The molecule has 23 heavy (non-hydrogen) atoms. The van der Waals surface area contributed by atoms with E-state index in [9.17, 15) is 26.8 Å². The van der Waals surface area contributed by atoms with Gasteiger partial charge in [0.25, 0.3) is 0 Å².